The number of nitrogens with two attached hydrogens (primary N) is 1. The molecule has 23 heavy (non-hydrogen) atoms. The van der Waals surface area contributed by atoms with Crippen LogP contribution in [0.15, 0.2) is 75.9 Å². The number of benzene rings is 3. The zero-order valence-corrected chi connectivity index (χ0v) is 12.2. The number of rotatable bonds is 2. The smallest absolute Gasteiger partial charge is 0.202 e. The first-order valence-electron chi connectivity index (χ1n) is 7.29. The average Bonchev–Trinajstić information content (AvgIpc) is 2.57. The maximum absolute atomic E-state index is 12.8. The normalized spacial score (nSPS) is 11.0. The first-order chi connectivity index (χ1) is 11.2. The zero-order valence-electron chi connectivity index (χ0n) is 12.2. The van der Waals surface area contributed by atoms with E-state index < -0.39 is 0 Å². The average molecular weight is 302 g/mol. The Balaban J connectivity index is 1.94. The highest BCUT2D eigenvalue weighted by Crippen LogP contribution is 2.27. The topological polar surface area (TPSA) is 68.3 Å². The van der Waals surface area contributed by atoms with Crippen LogP contribution in [0.4, 0.5) is 17.1 Å². The molecule has 0 atom stereocenters. The maximum atomic E-state index is 12.8. The summed E-state index contributed by atoms with van der Waals surface area (Å²) in [4.78, 5) is 12.8. The second-order valence-electron chi connectivity index (χ2n) is 5.35. The fraction of sp³-hybridized carbons (Fsp3) is 0. The van der Waals surface area contributed by atoms with Crippen molar-refractivity contribution in [2.24, 2.45) is 0 Å². The molecular formula is C19H14N2O2. The van der Waals surface area contributed by atoms with Gasteiger partial charge in [-0.25, -0.2) is 0 Å². The van der Waals surface area contributed by atoms with Gasteiger partial charge in [-0.2, -0.15) is 0 Å². The molecule has 112 valence electrons. The molecule has 1 aromatic heterocycles. The third-order valence-electron chi connectivity index (χ3n) is 3.79. The molecule has 0 amide bonds. The van der Waals surface area contributed by atoms with Crippen molar-refractivity contribution in [1.29, 1.82) is 0 Å². The summed E-state index contributed by atoms with van der Waals surface area (Å²) in [6.45, 7) is 0. The van der Waals surface area contributed by atoms with Crippen molar-refractivity contribution in [3.63, 3.8) is 0 Å². The standard InChI is InChI=1S/C19H14N2O2/c20-12-8-10-13(11-9-12)21-15-5-3-7-17-18(15)19(22)14-4-1-2-6-16(14)23-17/h1-11,21H,20H2. The van der Waals surface area contributed by atoms with Crippen LogP contribution in [0.2, 0.25) is 0 Å². The Morgan fingerprint density at radius 1 is 0.826 bits per heavy atom. The lowest BCUT2D eigenvalue weighted by molar-refractivity contribution is 0.660. The molecule has 0 saturated carbocycles. The number of nitrogen functional groups attached to an aromatic ring is 1. The summed E-state index contributed by atoms with van der Waals surface area (Å²) < 4.78 is 5.86. The third kappa shape index (κ3) is 2.30. The van der Waals surface area contributed by atoms with E-state index in [-0.39, 0.29) is 5.43 Å². The molecule has 0 unspecified atom stereocenters. The van der Waals surface area contributed by atoms with Crippen molar-refractivity contribution >= 4 is 39.0 Å². The summed E-state index contributed by atoms with van der Waals surface area (Å²) >= 11 is 0. The van der Waals surface area contributed by atoms with Crippen molar-refractivity contribution in [1.82, 2.24) is 0 Å². The van der Waals surface area contributed by atoms with E-state index in [4.69, 9.17) is 10.2 Å². The Bertz CT molecular complexity index is 1070. The van der Waals surface area contributed by atoms with E-state index >= 15 is 0 Å². The molecule has 4 nitrogen and oxygen atoms in total. The summed E-state index contributed by atoms with van der Waals surface area (Å²) in [5.74, 6) is 0. The van der Waals surface area contributed by atoms with Crippen molar-refractivity contribution in [3.8, 4) is 0 Å². The Kier molecular flexibility index (Phi) is 3.01. The Morgan fingerprint density at radius 2 is 1.57 bits per heavy atom. The highest BCUT2D eigenvalue weighted by Gasteiger charge is 2.11. The van der Waals surface area contributed by atoms with Gasteiger partial charge in [-0.05, 0) is 48.5 Å². The highest BCUT2D eigenvalue weighted by atomic mass is 16.3. The van der Waals surface area contributed by atoms with Crippen LogP contribution in [0.1, 0.15) is 0 Å². The molecule has 0 aliphatic rings. The van der Waals surface area contributed by atoms with Gasteiger partial charge in [-0.15, -0.1) is 0 Å². The maximum Gasteiger partial charge on any atom is 0.202 e. The van der Waals surface area contributed by atoms with Gasteiger partial charge in [0.2, 0.25) is 5.43 Å². The molecule has 0 aliphatic heterocycles. The second-order valence-corrected chi connectivity index (χ2v) is 5.35. The lowest BCUT2D eigenvalue weighted by Gasteiger charge is -2.10. The number of nitrogens with one attached hydrogen (secondary N) is 1. The van der Waals surface area contributed by atoms with E-state index in [0.29, 0.717) is 33.3 Å². The Morgan fingerprint density at radius 3 is 2.39 bits per heavy atom. The molecule has 4 rings (SSSR count). The number of hydrogen-bond acceptors (Lipinski definition) is 4. The van der Waals surface area contributed by atoms with Gasteiger partial charge in [0, 0.05) is 11.4 Å². The molecule has 0 spiro atoms. The number of para-hydroxylation sites is 1. The van der Waals surface area contributed by atoms with E-state index in [2.05, 4.69) is 5.32 Å². The minimum atomic E-state index is -0.0413. The van der Waals surface area contributed by atoms with Crippen LogP contribution in [0.3, 0.4) is 0 Å². The van der Waals surface area contributed by atoms with Gasteiger partial charge < -0.3 is 15.5 Å². The highest BCUT2D eigenvalue weighted by molar-refractivity contribution is 5.98. The first-order valence-corrected chi connectivity index (χ1v) is 7.29. The SMILES string of the molecule is Nc1ccc(Nc2cccc3oc4ccccc4c(=O)c23)cc1. The summed E-state index contributed by atoms with van der Waals surface area (Å²) in [5.41, 5.74) is 9.09. The number of fused-ring (bicyclic) bond motifs is 2. The molecule has 3 aromatic carbocycles. The molecule has 4 heteroatoms. The zero-order chi connectivity index (χ0) is 15.8. The Labute approximate surface area is 132 Å². The second kappa shape index (κ2) is 5.18. The van der Waals surface area contributed by atoms with Crippen LogP contribution in [0.25, 0.3) is 21.9 Å². The molecule has 4 aromatic rings. The van der Waals surface area contributed by atoms with Gasteiger partial charge >= 0.3 is 0 Å². The van der Waals surface area contributed by atoms with E-state index in [1.54, 1.807) is 18.2 Å². The van der Waals surface area contributed by atoms with E-state index in [9.17, 15) is 4.79 Å². The minimum Gasteiger partial charge on any atom is -0.456 e. The van der Waals surface area contributed by atoms with E-state index in [1.165, 1.54) is 0 Å². The van der Waals surface area contributed by atoms with Crippen LogP contribution in [-0.4, -0.2) is 0 Å². The van der Waals surface area contributed by atoms with Gasteiger partial charge in [0.1, 0.15) is 11.2 Å². The molecular weight excluding hydrogens is 288 g/mol. The fourth-order valence-electron chi connectivity index (χ4n) is 2.67. The Hall–Kier alpha value is -3.27. The lowest BCUT2D eigenvalue weighted by Crippen LogP contribution is -2.05. The summed E-state index contributed by atoms with van der Waals surface area (Å²) in [6, 6.07) is 20.2. The third-order valence-corrected chi connectivity index (χ3v) is 3.79. The van der Waals surface area contributed by atoms with Crippen molar-refractivity contribution < 1.29 is 4.42 Å². The van der Waals surface area contributed by atoms with Crippen LogP contribution < -0.4 is 16.5 Å². The van der Waals surface area contributed by atoms with Gasteiger partial charge in [0.25, 0.3) is 0 Å². The van der Waals surface area contributed by atoms with Crippen LogP contribution in [-0.2, 0) is 0 Å². The number of anilines is 3. The summed E-state index contributed by atoms with van der Waals surface area (Å²) in [5, 5.41) is 4.38. The molecule has 1 heterocycles. The molecule has 0 aliphatic carbocycles. The largest absolute Gasteiger partial charge is 0.456 e. The first kappa shape index (κ1) is 13.4. The molecule has 0 fully saturated rings. The fourth-order valence-corrected chi connectivity index (χ4v) is 2.67. The van der Waals surface area contributed by atoms with Crippen molar-refractivity contribution in [2.75, 3.05) is 11.1 Å². The monoisotopic (exact) mass is 302 g/mol. The van der Waals surface area contributed by atoms with Crippen LogP contribution in [0, 0.1) is 0 Å². The summed E-state index contributed by atoms with van der Waals surface area (Å²) in [6.07, 6.45) is 0. The lowest BCUT2D eigenvalue weighted by atomic mass is 10.1. The van der Waals surface area contributed by atoms with Crippen molar-refractivity contribution in [2.45, 2.75) is 0 Å². The van der Waals surface area contributed by atoms with Gasteiger partial charge in [-0.1, -0.05) is 18.2 Å². The van der Waals surface area contributed by atoms with Gasteiger partial charge in [-0.3, -0.25) is 4.79 Å². The van der Waals surface area contributed by atoms with E-state index in [0.717, 1.165) is 5.69 Å². The predicted molar refractivity (Wildman–Crippen MR) is 94.1 cm³/mol. The molecule has 0 radical (unpaired) electrons. The molecule has 3 N–H and O–H groups in total. The van der Waals surface area contributed by atoms with Crippen molar-refractivity contribution in [3.05, 3.63) is 77.0 Å². The van der Waals surface area contributed by atoms with Crippen LogP contribution in [0.5, 0.6) is 0 Å². The molecule has 0 saturated heterocycles. The predicted octanol–water partition coefficient (Wildman–Crippen LogP) is 4.27. The minimum absolute atomic E-state index is 0.0413. The number of hydrogen-bond donors (Lipinski definition) is 2. The molecule has 0 bridgehead atoms. The van der Waals surface area contributed by atoms with Gasteiger partial charge in [0.05, 0.1) is 16.5 Å². The van der Waals surface area contributed by atoms with E-state index in [1.807, 2.05) is 48.5 Å². The quantitative estimate of drug-likeness (QED) is 0.428. The summed E-state index contributed by atoms with van der Waals surface area (Å²) in [7, 11) is 0. The van der Waals surface area contributed by atoms with Gasteiger partial charge in [0.15, 0.2) is 0 Å². The van der Waals surface area contributed by atoms with Crippen LogP contribution >= 0.6 is 0 Å².